The van der Waals surface area contributed by atoms with Crippen molar-refractivity contribution in [3.05, 3.63) is 42.0 Å². The highest BCUT2D eigenvalue weighted by molar-refractivity contribution is 5.79. The van der Waals surface area contributed by atoms with Crippen LogP contribution in [-0.2, 0) is 17.8 Å². The van der Waals surface area contributed by atoms with Crippen molar-refractivity contribution in [3.8, 4) is 11.5 Å². The van der Waals surface area contributed by atoms with E-state index >= 15 is 0 Å². The van der Waals surface area contributed by atoms with Crippen molar-refractivity contribution < 1.29 is 13.7 Å². The number of nitrogens with zero attached hydrogens (tertiary/aromatic N) is 5. The number of rotatable bonds is 6. The second-order valence-corrected chi connectivity index (χ2v) is 7.08. The van der Waals surface area contributed by atoms with E-state index in [9.17, 15) is 4.79 Å². The summed E-state index contributed by atoms with van der Waals surface area (Å²) >= 11 is 0. The molecule has 0 saturated carbocycles. The number of aryl methyl sites for hydroxylation is 2. The second kappa shape index (κ2) is 8.42. The average molecular weight is 396 g/mol. The number of hydrogen-bond donors (Lipinski definition) is 1. The summed E-state index contributed by atoms with van der Waals surface area (Å²) in [5, 5.41) is 6.93. The fourth-order valence-corrected chi connectivity index (χ4v) is 3.44. The Bertz CT molecular complexity index is 961. The second-order valence-electron chi connectivity index (χ2n) is 7.08. The molecule has 0 spiro atoms. The van der Waals surface area contributed by atoms with E-state index in [1.807, 2.05) is 26.0 Å². The Hall–Kier alpha value is -3.23. The molecular weight excluding hydrogens is 372 g/mol. The van der Waals surface area contributed by atoms with Crippen molar-refractivity contribution in [2.75, 3.05) is 18.0 Å². The van der Waals surface area contributed by atoms with Gasteiger partial charge in [0.2, 0.25) is 5.91 Å². The Labute approximate surface area is 168 Å². The maximum Gasteiger partial charge on any atom is 0.263 e. The molecule has 0 aliphatic carbocycles. The molecule has 1 amide bonds. The van der Waals surface area contributed by atoms with Crippen LogP contribution in [-0.4, -0.2) is 39.1 Å². The topological polar surface area (TPSA) is 110 Å². The molecular formula is C20H24N6O3. The number of carbonyl (C=O) groups excluding carboxylic acids is 1. The monoisotopic (exact) mass is 396 g/mol. The zero-order valence-electron chi connectivity index (χ0n) is 16.6. The highest BCUT2D eigenvalue weighted by Crippen LogP contribution is 2.30. The van der Waals surface area contributed by atoms with Crippen molar-refractivity contribution in [1.82, 2.24) is 25.4 Å². The lowest BCUT2D eigenvalue weighted by Gasteiger charge is -2.32. The maximum absolute atomic E-state index is 12.5. The molecule has 29 heavy (non-hydrogen) atoms. The number of anilines is 1. The number of furan rings is 1. The van der Waals surface area contributed by atoms with Gasteiger partial charge in [-0.25, -0.2) is 9.97 Å². The van der Waals surface area contributed by atoms with Crippen molar-refractivity contribution in [1.29, 1.82) is 0 Å². The number of nitrogens with one attached hydrogen (secondary N) is 1. The van der Waals surface area contributed by atoms with Crippen LogP contribution in [0.3, 0.4) is 0 Å². The Morgan fingerprint density at radius 3 is 2.83 bits per heavy atom. The van der Waals surface area contributed by atoms with Gasteiger partial charge in [-0.3, -0.25) is 4.79 Å². The molecule has 0 unspecified atom stereocenters. The molecule has 0 bridgehead atoms. The summed E-state index contributed by atoms with van der Waals surface area (Å²) in [5.41, 5.74) is 0.725. The number of carbonyl (C=O) groups is 1. The molecule has 1 aliphatic rings. The van der Waals surface area contributed by atoms with Gasteiger partial charge in [-0.15, -0.1) is 0 Å². The van der Waals surface area contributed by atoms with Gasteiger partial charge in [-0.2, -0.15) is 4.98 Å². The molecule has 4 rings (SSSR count). The van der Waals surface area contributed by atoms with E-state index in [0.717, 1.165) is 43.1 Å². The number of aromatic nitrogens is 4. The quantitative estimate of drug-likeness (QED) is 0.677. The molecule has 4 heterocycles. The number of piperidine rings is 1. The van der Waals surface area contributed by atoms with Crippen LogP contribution in [0.25, 0.3) is 11.5 Å². The molecule has 0 radical (unpaired) electrons. The summed E-state index contributed by atoms with van der Waals surface area (Å²) in [6, 6.07) is 3.66. The Morgan fingerprint density at radius 2 is 2.14 bits per heavy atom. The Balaban J connectivity index is 1.43. The highest BCUT2D eigenvalue weighted by Gasteiger charge is 2.28. The zero-order valence-corrected chi connectivity index (χ0v) is 16.6. The van der Waals surface area contributed by atoms with E-state index in [2.05, 4.69) is 30.3 Å². The van der Waals surface area contributed by atoms with Crippen LogP contribution in [0.2, 0.25) is 0 Å². The smallest absolute Gasteiger partial charge is 0.263 e. The van der Waals surface area contributed by atoms with Crippen molar-refractivity contribution in [3.63, 3.8) is 0 Å². The summed E-state index contributed by atoms with van der Waals surface area (Å²) in [6.07, 6.45) is 5.53. The van der Waals surface area contributed by atoms with E-state index in [-0.39, 0.29) is 11.8 Å². The van der Waals surface area contributed by atoms with Crippen molar-refractivity contribution in [2.24, 2.45) is 5.92 Å². The van der Waals surface area contributed by atoms with Gasteiger partial charge in [-0.1, -0.05) is 12.1 Å². The van der Waals surface area contributed by atoms with Gasteiger partial charge in [0.25, 0.3) is 5.89 Å². The molecule has 0 aromatic carbocycles. The predicted octanol–water partition coefficient (Wildman–Crippen LogP) is 2.52. The summed E-state index contributed by atoms with van der Waals surface area (Å²) in [4.78, 5) is 28.0. The first-order valence-corrected chi connectivity index (χ1v) is 9.85. The third kappa shape index (κ3) is 4.28. The molecule has 152 valence electrons. The summed E-state index contributed by atoms with van der Waals surface area (Å²) in [5.74, 6) is 3.32. The standard InChI is InChI=1S/C20H24N6O3/c1-3-17-24-20(29-25-17)16-12-21-13(2)23-18(16)26-8-6-14(7-9-26)19(27)22-11-15-5-4-10-28-15/h4-5,10,12,14H,3,6-9,11H2,1-2H3,(H,22,27). The number of amides is 1. The van der Waals surface area contributed by atoms with Crippen LogP contribution in [0.5, 0.6) is 0 Å². The molecule has 9 heteroatoms. The van der Waals surface area contributed by atoms with Gasteiger partial charge in [0.1, 0.15) is 23.0 Å². The van der Waals surface area contributed by atoms with Crippen molar-refractivity contribution in [2.45, 2.75) is 39.7 Å². The third-order valence-electron chi connectivity index (χ3n) is 5.09. The van der Waals surface area contributed by atoms with Gasteiger partial charge >= 0.3 is 0 Å². The van der Waals surface area contributed by atoms with E-state index in [0.29, 0.717) is 30.5 Å². The molecule has 0 atom stereocenters. The zero-order chi connectivity index (χ0) is 20.2. The van der Waals surface area contributed by atoms with Crippen LogP contribution < -0.4 is 10.2 Å². The molecule has 1 fully saturated rings. The first-order valence-electron chi connectivity index (χ1n) is 9.85. The third-order valence-corrected chi connectivity index (χ3v) is 5.09. The average Bonchev–Trinajstić information content (AvgIpc) is 3.44. The lowest BCUT2D eigenvalue weighted by molar-refractivity contribution is -0.125. The minimum atomic E-state index is -0.0253. The molecule has 3 aromatic rings. The van der Waals surface area contributed by atoms with E-state index in [1.54, 1.807) is 12.5 Å². The van der Waals surface area contributed by atoms with Crippen LogP contribution in [0, 0.1) is 12.8 Å². The molecule has 1 aliphatic heterocycles. The Kier molecular flexibility index (Phi) is 5.55. The fourth-order valence-electron chi connectivity index (χ4n) is 3.44. The normalized spacial score (nSPS) is 14.9. The van der Waals surface area contributed by atoms with Gasteiger partial charge < -0.3 is 19.2 Å². The SMILES string of the molecule is CCc1noc(-c2cnc(C)nc2N2CCC(C(=O)NCc3ccco3)CC2)n1. The predicted molar refractivity (Wildman–Crippen MR) is 105 cm³/mol. The largest absolute Gasteiger partial charge is 0.467 e. The van der Waals surface area contributed by atoms with Gasteiger partial charge in [-0.05, 0) is 31.9 Å². The van der Waals surface area contributed by atoms with E-state index in [1.165, 1.54) is 0 Å². The van der Waals surface area contributed by atoms with Crippen LogP contribution >= 0.6 is 0 Å². The minimum absolute atomic E-state index is 0.0253. The fraction of sp³-hybridized carbons (Fsp3) is 0.450. The van der Waals surface area contributed by atoms with Crippen LogP contribution in [0.1, 0.15) is 37.2 Å². The molecule has 1 N–H and O–H groups in total. The van der Waals surface area contributed by atoms with Crippen LogP contribution in [0.15, 0.2) is 33.5 Å². The highest BCUT2D eigenvalue weighted by atomic mass is 16.5. The van der Waals surface area contributed by atoms with Crippen LogP contribution in [0.4, 0.5) is 5.82 Å². The molecule has 9 nitrogen and oxygen atoms in total. The lowest BCUT2D eigenvalue weighted by atomic mass is 9.95. The summed E-state index contributed by atoms with van der Waals surface area (Å²) in [6.45, 7) is 5.68. The molecule has 1 saturated heterocycles. The molecule has 3 aromatic heterocycles. The van der Waals surface area contributed by atoms with Gasteiger partial charge in [0.05, 0.1) is 12.8 Å². The Morgan fingerprint density at radius 1 is 1.31 bits per heavy atom. The van der Waals surface area contributed by atoms with Gasteiger partial charge in [0.15, 0.2) is 5.82 Å². The van der Waals surface area contributed by atoms with Gasteiger partial charge in [0, 0.05) is 31.6 Å². The first-order chi connectivity index (χ1) is 14.1. The van der Waals surface area contributed by atoms with E-state index < -0.39 is 0 Å². The summed E-state index contributed by atoms with van der Waals surface area (Å²) < 4.78 is 10.7. The van der Waals surface area contributed by atoms with Crippen molar-refractivity contribution >= 4 is 11.7 Å². The van der Waals surface area contributed by atoms with E-state index in [4.69, 9.17) is 8.94 Å². The number of hydrogen-bond acceptors (Lipinski definition) is 8. The minimum Gasteiger partial charge on any atom is -0.467 e. The summed E-state index contributed by atoms with van der Waals surface area (Å²) in [7, 11) is 0. The first kappa shape index (κ1) is 19.1. The maximum atomic E-state index is 12.5. The lowest BCUT2D eigenvalue weighted by Crippen LogP contribution is -2.41.